The van der Waals surface area contributed by atoms with E-state index in [9.17, 15) is 4.79 Å². The van der Waals surface area contributed by atoms with Crippen LogP contribution in [0, 0.1) is 0 Å². The van der Waals surface area contributed by atoms with Crippen molar-refractivity contribution in [3.05, 3.63) is 59.8 Å². The summed E-state index contributed by atoms with van der Waals surface area (Å²) in [6, 6.07) is 14.5. The minimum Gasteiger partial charge on any atom is -0.370 e. The monoisotopic (exact) mass is 380 g/mol. The maximum Gasteiger partial charge on any atom is 0.255 e. The third-order valence-electron chi connectivity index (χ3n) is 5.38. The quantitative estimate of drug-likeness (QED) is 0.741. The summed E-state index contributed by atoms with van der Waals surface area (Å²) in [5.74, 6) is 1.47. The SMILES string of the molecule is CN(C)CCCNc1ccc(C(=O)N2CCCC(c3ccccc3)CC2)cn1. The van der Waals surface area contributed by atoms with Gasteiger partial charge in [0.2, 0.25) is 0 Å². The normalized spacial score (nSPS) is 17.4. The number of nitrogens with zero attached hydrogens (tertiary/aromatic N) is 3. The van der Waals surface area contributed by atoms with Crippen molar-refractivity contribution in [2.24, 2.45) is 0 Å². The number of nitrogens with one attached hydrogen (secondary N) is 1. The molecule has 5 nitrogen and oxygen atoms in total. The third kappa shape index (κ3) is 5.80. The van der Waals surface area contributed by atoms with Gasteiger partial charge in [-0.25, -0.2) is 4.98 Å². The van der Waals surface area contributed by atoms with Gasteiger partial charge in [-0.05, 0) is 69.9 Å². The van der Waals surface area contributed by atoms with Gasteiger partial charge in [-0.15, -0.1) is 0 Å². The number of hydrogen-bond donors (Lipinski definition) is 1. The van der Waals surface area contributed by atoms with E-state index in [1.54, 1.807) is 6.20 Å². The number of carbonyl (C=O) groups is 1. The Hall–Kier alpha value is -2.40. The van der Waals surface area contributed by atoms with Crippen molar-refractivity contribution in [2.75, 3.05) is 45.6 Å². The molecular formula is C23H32N4O. The predicted molar refractivity (Wildman–Crippen MR) is 115 cm³/mol. The van der Waals surface area contributed by atoms with Gasteiger partial charge < -0.3 is 15.1 Å². The van der Waals surface area contributed by atoms with E-state index in [0.29, 0.717) is 11.5 Å². The Morgan fingerprint density at radius 2 is 1.96 bits per heavy atom. The number of amides is 1. The summed E-state index contributed by atoms with van der Waals surface area (Å²) in [6.45, 7) is 3.56. The van der Waals surface area contributed by atoms with Crippen molar-refractivity contribution in [3.63, 3.8) is 0 Å². The molecule has 1 aliphatic rings. The van der Waals surface area contributed by atoms with Crippen LogP contribution in [0.25, 0.3) is 0 Å². The molecule has 0 spiro atoms. The molecule has 28 heavy (non-hydrogen) atoms. The first-order valence-electron chi connectivity index (χ1n) is 10.3. The van der Waals surface area contributed by atoms with Crippen LogP contribution in [0.4, 0.5) is 5.82 Å². The Labute approximate surface area is 168 Å². The first kappa shape index (κ1) is 20.3. The molecule has 2 heterocycles. The molecule has 0 bridgehead atoms. The molecule has 1 fully saturated rings. The van der Waals surface area contributed by atoms with Crippen molar-refractivity contribution in [1.29, 1.82) is 0 Å². The smallest absolute Gasteiger partial charge is 0.255 e. The van der Waals surface area contributed by atoms with Gasteiger partial charge in [0.1, 0.15) is 5.82 Å². The van der Waals surface area contributed by atoms with Crippen LogP contribution >= 0.6 is 0 Å². The van der Waals surface area contributed by atoms with Crippen LogP contribution in [0.5, 0.6) is 0 Å². The highest BCUT2D eigenvalue weighted by Gasteiger charge is 2.22. The number of rotatable bonds is 7. The van der Waals surface area contributed by atoms with Crippen LogP contribution in [0.15, 0.2) is 48.7 Å². The largest absolute Gasteiger partial charge is 0.370 e. The zero-order chi connectivity index (χ0) is 19.8. The summed E-state index contributed by atoms with van der Waals surface area (Å²) in [7, 11) is 4.15. The van der Waals surface area contributed by atoms with Crippen molar-refractivity contribution >= 4 is 11.7 Å². The second-order valence-corrected chi connectivity index (χ2v) is 7.85. The summed E-state index contributed by atoms with van der Waals surface area (Å²) >= 11 is 0. The van der Waals surface area contributed by atoms with E-state index in [0.717, 1.165) is 57.7 Å². The maximum atomic E-state index is 12.9. The Morgan fingerprint density at radius 3 is 2.68 bits per heavy atom. The van der Waals surface area contributed by atoms with Crippen LogP contribution in [0.2, 0.25) is 0 Å². The number of anilines is 1. The van der Waals surface area contributed by atoms with Crippen molar-refractivity contribution in [1.82, 2.24) is 14.8 Å². The van der Waals surface area contributed by atoms with Crippen LogP contribution in [-0.2, 0) is 0 Å². The summed E-state index contributed by atoms with van der Waals surface area (Å²) < 4.78 is 0. The maximum absolute atomic E-state index is 12.9. The van der Waals surface area contributed by atoms with Gasteiger partial charge in [-0.3, -0.25) is 4.79 Å². The van der Waals surface area contributed by atoms with Crippen molar-refractivity contribution in [3.8, 4) is 0 Å². The molecule has 0 radical (unpaired) electrons. The van der Waals surface area contributed by atoms with Crippen LogP contribution in [0.1, 0.15) is 47.5 Å². The Kier molecular flexibility index (Phi) is 7.43. The zero-order valence-corrected chi connectivity index (χ0v) is 17.1. The van der Waals surface area contributed by atoms with E-state index in [4.69, 9.17) is 0 Å². The second-order valence-electron chi connectivity index (χ2n) is 7.85. The number of carbonyl (C=O) groups excluding carboxylic acids is 1. The van der Waals surface area contributed by atoms with Crippen LogP contribution in [-0.4, -0.2) is 61.0 Å². The van der Waals surface area contributed by atoms with Gasteiger partial charge in [0, 0.05) is 25.8 Å². The number of benzene rings is 1. The Morgan fingerprint density at radius 1 is 1.14 bits per heavy atom. The summed E-state index contributed by atoms with van der Waals surface area (Å²) in [6.07, 6.45) is 5.97. The standard InChI is InChI=1S/C23H32N4O/c1-26(2)15-7-14-24-22-12-11-21(18-25-22)23(28)27-16-6-10-20(13-17-27)19-8-4-3-5-9-19/h3-5,8-9,11-12,18,20H,6-7,10,13-17H2,1-2H3,(H,24,25). The van der Waals surface area contributed by atoms with Gasteiger partial charge >= 0.3 is 0 Å². The average molecular weight is 381 g/mol. The molecule has 2 aromatic rings. The molecule has 3 rings (SSSR count). The summed E-state index contributed by atoms with van der Waals surface area (Å²) in [4.78, 5) is 21.5. The third-order valence-corrected chi connectivity index (χ3v) is 5.38. The van der Waals surface area contributed by atoms with Crippen LogP contribution in [0.3, 0.4) is 0 Å². The summed E-state index contributed by atoms with van der Waals surface area (Å²) in [5.41, 5.74) is 2.07. The van der Waals surface area contributed by atoms with Crippen LogP contribution < -0.4 is 5.32 Å². The minimum atomic E-state index is 0.0976. The first-order chi connectivity index (χ1) is 13.6. The summed E-state index contributed by atoms with van der Waals surface area (Å²) in [5, 5.41) is 3.32. The molecule has 1 amide bonds. The number of hydrogen-bond acceptors (Lipinski definition) is 4. The van der Waals surface area contributed by atoms with E-state index in [-0.39, 0.29) is 5.91 Å². The van der Waals surface area contributed by atoms with Gasteiger partial charge in [0.05, 0.1) is 5.56 Å². The van der Waals surface area contributed by atoms with E-state index >= 15 is 0 Å². The van der Waals surface area contributed by atoms with E-state index in [1.165, 1.54) is 5.56 Å². The molecular weight excluding hydrogens is 348 g/mol. The number of aromatic nitrogens is 1. The fraction of sp³-hybridized carbons (Fsp3) is 0.478. The molecule has 1 aromatic carbocycles. The molecule has 1 saturated heterocycles. The van der Waals surface area contributed by atoms with E-state index in [2.05, 4.69) is 59.6 Å². The Bertz CT molecular complexity index is 730. The second kappa shape index (κ2) is 10.2. The lowest BCUT2D eigenvalue weighted by Crippen LogP contribution is -2.32. The van der Waals surface area contributed by atoms with Crippen molar-refractivity contribution < 1.29 is 4.79 Å². The minimum absolute atomic E-state index is 0.0976. The Balaban J connectivity index is 1.52. The lowest BCUT2D eigenvalue weighted by molar-refractivity contribution is 0.0760. The van der Waals surface area contributed by atoms with Gasteiger partial charge in [-0.1, -0.05) is 30.3 Å². The molecule has 5 heteroatoms. The molecule has 1 N–H and O–H groups in total. The lowest BCUT2D eigenvalue weighted by Gasteiger charge is -2.21. The van der Waals surface area contributed by atoms with E-state index in [1.807, 2.05) is 17.0 Å². The van der Waals surface area contributed by atoms with E-state index < -0.39 is 0 Å². The fourth-order valence-corrected chi connectivity index (χ4v) is 3.78. The molecule has 1 aliphatic heterocycles. The molecule has 1 atom stereocenters. The molecule has 150 valence electrons. The van der Waals surface area contributed by atoms with Gasteiger partial charge in [0.25, 0.3) is 5.91 Å². The van der Waals surface area contributed by atoms with Gasteiger partial charge in [-0.2, -0.15) is 0 Å². The predicted octanol–water partition coefficient (Wildman–Crippen LogP) is 3.86. The molecule has 0 aliphatic carbocycles. The highest BCUT2D eigenvalue weighted by Crippen LogP contribution is 2.28. The highest BCUT2D eigenvalue weighted by atomic mass is 16.2. The number of pyridine rings is 1. The highest BCUT2D eigenvalue weighted by molar-refractivity contribution is 5.94. The molecule has 1 unspecified atom stereocenters. The van der Waals surface area contributed by atoms with Gasteiger partial charge in [0.15, 0.2) is 0 Å². The fourth-order valence-electron chi connectivity index (χ4n) is 3.78. The number of likely N-dealkylation sites (tertiary alicyclic amines) is 1. The first-order valence-corrected chi connectivity index (χ1v) is 10.3. The van der Waals surface area contributed by atoms with Crippen molar-refractivity contribution in [2.45, 2.75) is 31.6 Å². The molecule has 1 aromatic heterocycles. The lowest BCUT2D eigenvalue weighted by atomic mass is 9.92. The molecule has 0 saturated carbocycles. The topological polar surface area (TPSA) is 48.5 Å². The zero-order valence-electron chi connectivity index (χ0n) is 17.1. The average Bonchev–Trinajstić information content (AvgIpc) is 2.98.